The maximum Gasteiger partial charge on any atom is 0.259 e. The topological polar surface area (TPSA) is 53.9 Å². The van der Waals surface area contributed by atoms with Crippen molar-refractivity contribution in [2.75, 3.05) is 25.6 Å². The fraction of sp³-hybridized carbons (Fsp3) is 0.176. The first kappa shape index (κ1) is 15.6. The van der Waals surface area contributed by atoms with E-state index in [4.69, 9.17) is 4.74 Å². The van der Waals surface area contributed by atoms with Gasteiger partial charge in [0, 0.05) is 12.7 Å². The second-order valence-corrected chi connectivity index (χ2v) is 4.76. The molecular formula is C17H19N3O2. The third-order valence-corrected chi connectivity index (χ3v) is 3.10. The molecule has 0 heterocycles. The third-order valence-electron chi connectivity index (χ3n) is 3.10. The van der Waals surface area contributed by atoms with Crippen LogP contribution in [0.15, 0.2) is 59.7 Å². The number of nitrogens with one attached hydrogen (secondary N) is 1. The van der Waals surface area contributed by atoms with Gasteiger partial charge in [-0.05, 0) is 42.0 Å². The molecule has 2 rings (SSSR count). The lowest BCUT2D eigenvalue weighted by atomic mass is 10.2. The largest absolute Gasteiger partial charge is 0.497 e. The summed E-state index contributed by atoms with van der Waals surface area (Å²) in [5.74, 6) is 0.613. The molecule has 0 aliphatic heterocycles. The molecule has 0 spiro atoms. The molecule has 0 saturated heterocycles. The molecule has 0 unspecified atom stereocenters. The van der Waals surface area contributed by atoms with E-state index in [9.17, 15) is 4.79 Å². The average molecular weight is 297 g/mol. The van der Waals surface area contributed by atoms with Crippen LogP contribution in [0, 0.1) is 0 Å². The minimum absolute atomic E-state index is 0.170. The quantitative estimate of drug-likeness (QED) is 0.657. The lowest BCUT2D eigenvalue weighted by molar-refractivity contribution is -0.119. The maximum absolute atomic E-state index is 11.8. The van der Waals surface area contributed by atoms with Gasteiger partial charge < -0.3 is 9.64 Å². The van der Waals surface area contributed by atoms with E-state index in [1.807, 2.05) is 66.5 Å². The summed E-state index contributed by atoms with van der Waals surface area (Å²) in [4.78, 5) is 13.7. The molecule has 5 heteroatoms. The lowest BCUT2D eigenvalue weighted by Gasteiger charge is -2.17. The van der Waals surface area contributed by atoms with E-state index in [0.29, 0.717) is 0 Å². The van der Waals surface area contributed by atoms with Crippen LogP contribution in [-0.4, -0.2) is 32.8 Å². The SMILES string of the molecule is COc1ccc(/C=N\NC(=O)CN(C)c2ccccc2)cc1. The van der Waals surface area contributed by atoms with E-state index in [2.05, 4.69) is 10.5 Å². The van der Waals surface area contributed by atoms with Gasteiger partial charge in [0.05, 0.1) is 19.9 Å². The molecule has 0 aromatic heterocycles. The molecule has 1 amide bonds. The highest BCUT2D eigenvalue weighted by Gasteiger charge is 2.05. The van der Waals surface area contributed by atoms with E-state index >= 15 is 0 Å². The number of ether oxygens (including phenoxy) is 1. The highest BCUT2D eigenvalue weighted by molar-refractivity contribution is 5.84. The predicted molar refractivity (Wildman–Crippen MR) is 88.4 cm³/mol. The Labute approximate surface area is 130 Å². The van der Waals surface area contributed by atoms with Crippen molar-refractivity contribution in [1.82, 2.24) is 5.43 Å². The zero-order valence-corrected chi connectivity index (χ0v) is 12.7. The molecule has 114 valence electrons. The van der Waals surface area contributed by atoms with Crippen molar-refractivity contribution in [3.05, 3.63) is 60.2 Å². The highest BCUT2D eigenvalue weighted by Crippen LogP contribution is 2.10. The van der Waals surface area contributed by atoms with Gasteiger partial charge in [0.2, 0.25) is 0 Å². The van der Waals surface area contributed by atoms with Crippen LogP contribution in [0.2, 0.25) is 0 Å². The van der Waals surface area contributed by atoms with Crippen LogP contribution in [0.5, 0.6) is 5.75 Å². The summed E-state index contributed by atoms with van der Waals surface area (Å²) in [6.45, 7) is 0.240. The number of nitrogens with zero attached hydrogens (tertiary/aromatic N) is 2. The van der Waals surface area contributed by atoms with Gasteiger partial charge in [0.25, 0.3) is 5.91 Å². The summed E-state index contributed by atoms with van der Waals surface area (Å²) in [7, 11) is 3.48. The zero-order valence-electron chi connectivity index (χ0n) is 12.7. The number of amides is 1. The Morgan fingerprint density at radius 1 is 1.18 bits per heavy atom. The molecule has 0 aliphatic rings. The summed E-state index contributed by atoms with van der Waals surface area (Å²) in [6.07, 6.45) is 1.60. The van der Waals surface area contributed by atoms with Crippen LogP contribution < -0.4 is 15.1 Å². The number of carbonyl (C=O) groups is 1. The summed E-state index contributed by atoms with van der Waals surface area (Å²) in [6, 6.07) is 17.1. The number of likely N-dealkylation sites (N-methyl/N-ethyl adjacent to an activating group) is 1. The summed E-state index contributed by atoms with van der Waals surface area (Å²) in [5.41, 5.74) is 4.39. The minimum atomic E-state index is -0.170. The van der Waals surface area contributed by atoms with Gasteiger partial charge in [0.15, 0.2) is 0 Å². The lowest BCUT2D eigenvalue weighted by Crippen LogP contribution is -2.32. The first-order chi connectivity index (χ1) is 10.7. The molecule has 0 fully saturated rings. The van der Waals surface area contributed by atoms with Crippen LogP contribution in [0.25, 0.3) is 0 Å². The summed E-state index contributed by atoms with van der Waals surface area (Å²) >= 11 is 0. The fourth-order valence-corrected chi connectivity index (χ4v) is 1.89. The van der Waals surface area contributed by atoms with Crippen molar-refractivity contribution in [1.29, 1.82) is 0 Å². The first-order valence-corrected chi connectivity index (χ1v) is 6.91. The van der Waals surface area contributed by atoms with Crippen molar-refractivity contribution < 1.29 is 9.53 Å². The van der Waals surface area contributed by atoms with Crippen molar-refractivity contribution in [3.63, 3.8) is 0 Å². The van der Waals surface area contributed by atoms with E-state index in [1.54, 1.807) is 13.3 Å². The number of hydrazone groups is 1. The molecule has 0 aliphatic carbocycles. The maximum atomic E-state index is 11.8. The summed E-state index contributed by atoms with van der Waals surface area (Å²) in [5, 5.41) is 3.95. The third kappa shape index (κ3) is 4.63. The van der Waals surface area contributed by atoms with Crippen molar-refractivity contribution in [2.45, 2.75) is 0 Å². The molecule has 0 atom stereocenters. The van der Waals surface area contributed by atoms with Gasteiger partial charge in [-0.2, -0.15) is 5.10 Å². The smallest absolute Gasteiger partial charge is 0.259 e. The second kappa shape index (κ2) is 7.83. The Morgan fingerprint density at radius 3 is 2.50 bits per heavy atom. The minimum Gasteiger partial charge on any atom is -0.497 e. The fourth-order valence-electron chi connectivity index (χ4n) is 1.89. The molecule has 22 heavy (non-hydrogen) atoms. The number of anilines is 1. The van der Waals surface area contributed by atoms with Crippen LogP contribution in [0.1, 0.15) is 5.56 Å². The van der Waals surface area contributed by atoms with Gasteiger partial charge >= 0.3 is 0 Å². The molecule has 2 aromatic carbocycles. The molecule has 0 saturated carbocycles. The van der Waals surface area contributed by atoms with E-state index in [1.165, 1.54) is 0 Å². The molecule has 2 aromatic rings. The number of methoxy groups -OCH3 is 1. The van der Waals surface area contributed by atoms with Gasteiger partial charge in [-0.15, -0.1) is 0 Å². The average Bonchev–Trinajstić information content (AvgIpc) is 2.56. The number of carbonyl (C=O) groups excluding carboxylic acids is 1. The Kier molecular flexibility index (Phi) is 5.54. The molecule has 5 nitrogen and oxygen atoms in total. The number of benzene rings is 2. The van der Waals surface area contributed by atoms with Crippen molar-refractivity contribution in [3.8, 4) is 5.75 Å². The summed E-state index contributed by atoms with van der Waals surface area (Å²) < 4.78 is 5.08. The number of para-hydroxylation sites is 1. The van der Waals surface area contributed by atoms with Gasteiger partial charge in [-0.1, -0.05) is 18.2 Å². The Balaban J connectivity index is 1.83. The van der Waals surface area contributed by atoms with Gasteiger partial charge in [-0.3, -0.25) is 4.79 Å². The van der Waals surface area contributed by atoms with E-state index in [-0.39, 0.29) is 12.5 Å². The van der Waals surface area contributed by atoms with Crippen LogP contribution >= 0.6 is 0 Å². The van der Waals surface area contributed by atoms with Crippen molar-refractivity contribution >= 4 is 17.8 Å². The van der Waals surface area contributed by atoms with Gasteiger partial charge in [-0.25, -0.2) is 5.43 Å². The molecule has 0 radical (unpaired) electrons. The molecule has 0 bridgehead atoms. The highest BCUT2D eigenvalue weighted by atomic mass is 16.5. The zero-order chi connectivity index (χ0) is 15.8. The predicted octanol–water partition coefficient (Wildman–Crippen LogP) is 2.28. The monoisotopic (exact) mass is 297 g/mol. The molecule has 1 N–H and O–H groups in total. The first-order valence-electron chi connectivity index (χ1n) is 6.91. The normalized spacial score (nSPS) is 10.5. The number of hydrogen-bond acceptors (Lipinski definition) is 4. The Bertz CT molecular complexity index is 624. The number of hydrogen-bond donors (Lipinski definition) is 1. The van der Waals surface area contributed by atoms with E-state index in [0.717, 1.165) is 17.0 Å². The van der Waals surface area contributed by atoms with E-state index < -0.39 is 0 Å². The molecular weight excluding hydrogens is 278 g/mol. The van der Waals surface area contributed by atoms with Crippen LogP contribution in [-0.2, 0) is 4.79 Å². The van der Waals surface area contributed by atoms with Crippen molar-refractivity contribution in [2.24, 2.45) is 5.10 Å². The Morgan fingerprint density at radius 2 is 1.86 bits per heavy atom. The van der Waals surface area contributed by atoms with Gasteiger partial charge in [0.1, 0.15) is 5.75 Å². The standard InChI is InChI=1S/C17H19N3O2/c1-20(15-6-4-3-5-7-15)13-17(21)19-18-12-14-8-10-16(22-2)11-9-14/h3-12H,13H2,1-2H3,(H,19,21)/b18-12-. The van der Waals surface area contributed by atoms with Crippen LogP contribution in [0.3, 0.4) is 0 Å². The number of rotatable bonds is 6. The Hall–Kier alpha value is -2.82. The second-order valence-electron chi connectivity index (χ2n) is 4.76. The van der Waals surface area contributed by atoms with Crippen LogP contribution in [0.4, 0.5) is 5.69 Å².